The third kappa shape index (κ3) is 4.43. The van der Waals surface area contributed by atoms with Crippen molar-refractivity contribution in [2.45, 2.75) is 0 Å². The third-order valence-corrected chi connectivity index (χ3v) is 5.69. The van der Waals surface area contributed by atoms with E-state index in [9.17, 15) is 9.59 Å². The monoisotopic (exact) mass is 502 g/mol. The van der Waals surface area contributed by atoms with Crippen molar-refractivity contribution in [3.63, 3.8) is 0 Å². The molecule has 150 valence electrons. The van der Waals surface area contributed by atoms with Gasteiger partial charge in [-0.15, -0.1) is 0 Å². The molecule has 0 saturated heterocycles. The van der Waals surface area contributed by atoms with E-state index in [4.69, 9.17) is 32.7 Å². The zero-order valence-electron chi connectivity index (χ0n) is 15.3. The largest absolute Gasteiger partial charge is 0.485 e. The highest BCUT2D eigenvalue weighted by molar-refractivity contribution is 9.10. The second-order valence-corrected chi connectivity index (χ2v) is 8.22. The molecule has 4 rings (SSSR count). The maximum Gasteiger partial charge on any atom is 0.231 e. The van der Waals surface area contributed by atoms with Gasteiger partial charge < -0.3 is 9.47 Å². The van der Waals surface area contributed by atoms with E-state index < -0.39 is 0 Å². The zero-order valence-corrected chi connectivity index (χ0v) is 18.4. The minimum absolute atomic E-state index is 0.125. The Labute approximate surface area is 191 Å². The highest BCUT2D eigenvalue weighted by atomic mass is 79.9. The minimum Gasteiger partial charge on any atom is -0.485 e. The Morgan fingerprint density at radius 2 is 1.77 bits per heavy atom. The summed E-state index contributed by atoms with van der Waals surface area (Å²) >= 11 is 15.3. The first-order chi connectivity index (χ1) is 14.4. The average molecular weight is 504 g/mol. The number of allylic oxidation sites excluding steroid dienone is 1. The molecule has 0 atom stereocenters. The highest BCUT2D eigenvalue weighted by Gasteiger charge is 2.28. The second kappa shape index (κ2) is 8.64. The Morgan fingerprint density at radius 1 is 1.00 bits per heavy atom. The van der Waals surface area contributed by atoms with Gasteiger partial charge in [-0.3, -0.25) is 9.59 Å². The van der Waals surface area contributed by atoms with Gasteiger partial charge in [0.1, 0.15) is 11.5 Å². The van der Waals surface area contributed by atoms with Gasteiger partial charge in [0.2, 0.25) is 5.78 Å². The van der Waals surface area contributed by atoms with Crippen molar-refractivity contribution in [2.75, 3.05) is 6.61 Å². The molecule has 0 saturated carbocycles. The van der Waals surface area contributed by atoms with E-state index in [1.807, 2.05) is 0 Å². The van der Waals surface area contributed by atoms with Gasteiger partial charge in [0.25, 0.3) is 0 Å². The number of ketones is 2. The maximum atomic E-state index is 12.6. The molecule has 1 aliphatic rings. The minimum atomic E-state index is -0.242. The van der Waals surface area contributed by atoms with Crippen LogP contribution in [0.3, 0.4) is 0 Å². The first kappa shape index (κ1) is 20.7. The fraction of sp³-hybridized carbons (Fsp3) is 0.0435. The van der Waals surface area contributed by atoms with E-state index in [2.05, 4.69) is 15.9 Å². The molecule has 0 radical (unpaired) electrons. The summed E-state index contributed by atoms with van der Waals surface area (Å²) in [5, 5.41) is 0.820. The topological polar surface area (TPSA) is 52.6 Å². The van der Waals surface area contributed by atoms with E-state index in [0.29, 0.717) is 38.2 Å². The molecule has 0 bridgehead atoms. The third-order valence-electron chi connectivity index (χ3n) is 4.42. The van der Waals surface area contributed by atoms with Gasteiger partial charge in [-0.2, -0.15) is 0 Å². The quantitative estimate of drug-likeness (QED) is 0.289. The normalized spacial score (nSPS) is 13.8. The van der Waals surface area contributed by atoms with E-state index in [1.54, 1.807) is 66.7 Å². The number of halogens is 3. The first-order valence-electron chi connectivity index (χ1n) is 8.85. The van der Waals surface area contributed by atoms with Crippen molar-refractivity contribution in [3.05, 3.63) is 97.6 Å². The molecule has 4 nitrogen and oxygen atoms in total. The number of Topliss-reactive ketones (excluding diaryl/α,β-unsaturated/α-hetero) is 2. The van der Waals surface area contributed by atoms with Crippen LogP contribution in [0.1, 0.15) is 26.3 Å². The summed E-state index contributed by atoms with van der Waals surface area (Å²) in [6.45, 7) is -0.125. The molecule has 0 aromatic heterocycles. The van der Waals surface area contributed by atoms with Gasteiger partial charge in [0, 0.05) is 16.1 Å². The van der Waals surface area contributed by atoms with E-state index in [-0.39, 0.29) is 23.9 Å². The van der Waals surface area contributed by atoms with Crippen LogP contribution >= 0.6 is 39.1 Å². The van der Waals surface area contributed by atoms with Crippen molar-refractivity contribution in [1.29, 1.82) is 0 Å². The molecule has 3 aromatic rings. The number of rotatable bonds is 5. The Kier molecular flexibility index (Phi) is 5.95. The Hall–Kier alpha value is -2.60. The van der Waals surface area contributed by atoms with Crippen molar-refractivity contribution < 1.29 is 19.1 Å². The van der Waals surface area contributed by atoms with Crippen LogP contribution in [0.4, 0.5) is 0 Å². The van der Waals surface area contributed by atoms with Crippen LogP contribution in [-0.2, 0) is 0 Å². The lowest BCUT2D eigenvalue weighted by molar-refractivity contribution is 0.0921. The van der Waals surface area contributed by atoms with Crippen LogP contribution in [0.25, 0.3) is 6.08 Å². The molecular weight excluding hydrogens is 491 g/mol. The first-order valence-corrected chi connectivity index (χ1v) is 10.4. The lowest BCUT2D eigenvalue weighted by Crippen LogP contribution is -2.11. The molecule has 1 aliphatic heterocycles. The summed E-state index contributed by atoms with van der Waals surface area (Å²) in [6, 6.07) is 16.9. The molecular formula is C23H13BrCl2O4. The van der Waals surface area contributed by atoms with Crippen LogP contribution in [-0.4, -0.2) is 18.2 Å². The predicted molar refractivity (Wildman–Crippen MR) is 120 cm³/mol. The number of carbonyl (C=O) groups excluding carboxylic acids is 2. The smallest absolute Gasteiger partial charge is 0.231 e. The van der Waals surface area contributed by atoms with Gasteiger partial charge in [0.15, 0.2) is 18.1 Å². The van der Waals surface area contributed by atoms with Gasteiger partial charge in [-0.05, 0) is 48.0 Å². The fourth-order valence-corrected chi connectivity index (χ4v) is 3.45. The second-order valence-electron chi connectivity index (χ2n) is 6.49. The zero-order chi connectivity index (χ0) is 21.3. The number of ether oxygens (including phenoxy) is 2. The summed E-state index contributed by atoms with van der Waals surface area (Å²) in [5.74, 6) is 0.586. The summed E-state index contributed by atoms with van der Waals surface area (Å²) in [7, 11) is 0. The number of hydrogen-bond acceptors (Lipinski definition) is 4. The van der Waals surface area contributed by atoms with Gasteiger partial charge in [-0.1, -0.05) is 57.3 Å². The van der Waals surface area contributed by atoms with E-state index >= 15 is 0 Å². The maximum absolute atomic E-state index is 12.6. The number of benzene rings is 3. The van der Waals surface area contributed by atoms with E-state index in [1.165, 1.54) is 0 Å². The predicted octanol–water partition coefficient (Wildman–Crippen LogP) is 6.63. The molecule has 0 fully saturated rings. The lowest BCUT2D eigenvalue weighted by atomic mass is 10.1. The molecule has 7 heteroatoms. The summed E-state index contributed by atoms with van der Waals surface area (Å²) in [4.78, 5) is 24.9. The average Bonchev–Trinajstić information content (AvgIpc) is 3.04. The SMILES string of the molecule is O=C(COc1ccc2c(c1)O/C(=C\c1ccc(Cl)c(Cl)c1)C2=O)c1ccc(Br)cc1. The molecule has 1 heterocycles. The van der Waals surface area contributed by atoms with Crippen molar-refractivity contribution >= 4 is 56.8 Å². The van der Waals surface area contributed by atoms with Crippen LogP contribution in [0.15, 0.2) is 70.9 Å². The molecule has 0 N–H and O–H groups in total. The Balaban J connectivity index is 1.47. The van der Waals surface area contributed by atoms with Crippen LogP contribution in [0, 0.1) is 0 Å². The van der Waals surface area contributed by atoms with Gasteiger partial charge in [0.05, 0.1) is 15.6 Å². The molecule has 30 heavy (non-hydrogen) atoms. The molecule has 0 amide bonds. The van der Waals surface area contributed by atoms with E-state index in [0.717, 1.165) is 4.47 Å². The molecule has 3 aromatic carbocycles. The molecule has 0 spiro atoms. The number of fused-ring (bicyclic) bond motifs is 1. The molecule has 0 aliphatic carbocycles. The summed E-state index contributed by atoms with van der Waals surface area (Å²) in [5.41, 5.74) is 1.67. The van der Waals surface area contributed by atoms with Crippen LogP contribution in [0.5, 0.6) is 11.5 Å². The number of carbonyl (C=O) groups is 2. The Morgan fingerprint density at radius 3 is 2.50 bits per heavy atom. The lowest BCUT2D eigenvalue weighted by Gasteiger charge is -2.07. The number of hydrogen-bond donors (Lipinski definition) is 0. The summed E-state index contributed by atoms with van der Waals surface area (Å²) in [6.07, 6.45) is 1.60. The molecule has 0 unspecified atom stereocenters. The van der Waals surface area contributed by atoms with Crippen molar-refractivity contribution in [3.8, 4) is 11.5 Å². The van der Waals surface area contributed by atoms with Crippen LogP contribution < -0.4 is 9.47 Å². The van der Waals surface area contributed by atoms with Crippen LogP contribution in [0.2, 0.25) is 10.0 Å². The van der Waals surface area contributed by atoms with Crippen molar-refractivity contribution in [1.82, 2.24) is 0 Å². The van der Waals surface area contributed by atoms with Crippen molar-refractivity contribution in [2.24, 2.45) is 0 Å². The Bertz CT molecular complexity index is 1190. The van der Waals surface area contributed by atoms with Gasteiger partial charge in [-0.25, -0.2) is 0 Å². The highest BCUT2D eigenvalue weighted by Crippen LogP contribution is 2.35. The fourth-order valence-electron chi connectivity index (χ4n) is 2.88. The van der Waals surface area contributed by atoms with Gasteiger partial charge >= 0.3 is 0 Å². The summed E-state index contributed by atoms with van der Waals surface area (Å²) < 4.78 is 12.2. The standard InChI is InChI=1S/C23H13BrCl2O4/c24-15-4-2-14(3-5-15)20(27)12-29-16-6-7-17-21(11-16)30-22(23(17)28)10-13-1-8-18(25)19(26)9-13/h1-11H,12H2/b22-10-.